The molecule has 70 valence electrons. The van der Waals surface area contributed by atoms with Gasteiger partial charge in [0.25, 0.3) is 0 Å². The molecule has 1 aliphatic carbocycles. The molecule has 2 rings (SSSR count). The van der Waals surface area contributed by atoms with Crippen LogP contribution in [0.25, 0.3) is 0 Å². The molecule has 3 heteroatoms. The van der Waals surface area contributed by atoms with Gasteiger partial charge in [0.05, 0.1) is 3.57 Å². The normalized spacial score (nSPS) is 21.2. The Balaban J connectivity index is 2.52. The fourth-order valence-electron chi connectivity index (χ4n) is 1.85. The number of benzene rings is 1. The minimum Gasteiger partial charge on any atom is -0.507 e. The summed E-state index contributed by atoms with van der Waals surface area (Å²) >= 11 is 2.13. The molecule has 1 atom stereocenters. The number of hydrogen-bond acceptors (Lipinski definition) is 2. The van der Waals surface area contributed by atoms with Crippen LogP contribution < -0.4 is 5.73 Å². The van der Waals surface area contributed by atoms with Gasteiger partial charge in [-0.2, -0.15) is 0 Å². The van der Waals surface area contributed by atoms with E-state index >= 15 is 0 Å². The Bertz CT molecular complexity index is 338. The number of halogens is 1. The van der Waals surface area contributed by atoms with Crippen molar-refractivity contribution < 1.29 is 5.11 Å². The topological polar surface area (TPSA) is 46.2 Å². The predicted octanol–water partition coefficient (Wildman–Crippen LogP) is 2.33. The lowest BCUT2D eigenvalue weighted by atomic mass is 9.88. The average Bonchev–Trinajstić information content (AvgIpc) is 2.09. The molecule has 13 heavy (non-hydrogen) atoms. The fraction of sp³-hybridized carbons (Fsp3) is 0.400. The minimum absolute atomic E-state index is 0.165. The zero-order valence-corrected chi connectivity index (χ0v) is 9.41. The van der Waals surface area contributed by atoms with Crippen molar-refractivity contribution >= 4 is 22.6 Å². The number of rotatable bonds is 0. The van der Waals surface area contributed by atoms with E-state index in [1.807, 2.05) is 12.1 Å². The Labute approximate surface area is 91.3 Å². The largest absolute Gasteiger partial charge is 0.507 e. The summed E-state index contributed by atoms with van der Waals surface area (Å²) < 4.78 is 0.897. The van der Waals surface area contributed by atoms with Crippen molar-refractivity contribution in [1.29, 1.82) is 0 Å². The average molecular weight is 289 g/mol. The maximum atomic E-state index is 9.51. The highest BCUT2D eigenvalue weighted by atomic mass is 127. The molecule has 0 radical (unpaired) electrons. The Morgan fingerprint density at radius 3 is 3.00 bits per heavy atom. The van der Waals surface area contributed by atoms with Crippen molar-refractivity contribution in [2.75, 3.05) is 0 Å². The van der Waals surface area contributed by atoms with Gasteiger partial charge in [0.15, 0.2) is 0 Å². The van der Waals surface area contributed by atoms with Crippen LogP contribution in [0.4, 0.5) is 0 Å². The van der Waals surface area contributed by atoms with E-state index in [0.717, 1.165) is 22.8 Å². The molecule has 3 N–H and O–H groups in total. The number of nitrogens with two attached hydrogens (primary N) is 1. The minimum atomic E-state index is 0.165. The quantitative estimate of drug-likeness (QED) is 0.720. The molecule has 0 fully saturated rings. The fourth-order valence-corrected chi connectivity index (χ4v) is 2.34. The van der Waals surface area contributed by atoms with E-state index in [0.29, 0.717) is 5.75 Å². The second kappa shape index (κ2) is 3.46. The van der Waals surface area contributed by atoms with Crippen molar-refractivity contribution in [2.45, 2.75) is 25.3 Å². The first kappa shape index (κ1) is 9.27. The maximum absolute atomic E-state index is 9.51. The van der Waals surface area contributed by atoms with Crippen LogP contribution in [0.5, 0.6) is 5.75 Å². The van der Waals surface area contributed by atoms with Gasteiger partial charge >= 0.3 is 0 Å². The summed E-state index contributed by atoms with van der Waals surface area (Å²) in [7, 11) is 0. The second-order valence-corrected chi connectivity index (χ2v) is 4.66. The van der Waals surface area contributed by atoms with E-state index < -0.39 is 0 Å². The first-order chi connectivity index (χ1) is 6.18. The molecule has 0 aromatic heterocycles. The van der Waals surface area contributed by atoms with Crippen LogP contribution in [0, 0.1) is 3.57 Å². The molecule has 1 aromatic rings. The molecular weight excluding hydrogens is 277 g/mol. The van der Waals surface area contributed by atoms with Crippen molar-refractivity contribution in [1.82, 2.24) is 0 Å². The molecule has 0 aliphatic heterocycles. The molecule has 2 nitrogen and oxygen atoms in total. The molecule has 0 bridgehead atoms. The first-order valence-electron chi connectivity index (χ1n) is 4.45. The van der Waals surface area contributed by atoms with Gasteiger partial charge in [-0.25, -0.2) is 0 Å². The number of phenols is 1. The number of hydrogen-bond donors (Lipinski definition) is 2. The highest BCUT2D eigenvalue weighted by Crippen LogP contribution is 2.33. The molecule has 0 saturated heterocycles. The summed E-state index contributed by atoms with van der Waals surface area (Å²) in [6.45, 7) is 0. The Kier molecular flexibility index (Phi) is 2.47. The number of aryl methyl sites for hydroxylation is 1. The standard InChI is InChI=1S/C10H12INO/c11-8-5-7-6(4-10(8)13)2-1-3-9(7)12/h4-5,9,13H,1-3,12H2/t9-/m0/s1. The highest BCUT2D eigenvalue weighted by Gasteiger charge is 2.18. The van der Waals surface area contributed by atoms with Gasteiger partial charge in [0.1, 0.15) is 5.75 Å². The first-order valence-corrected chi connectivity index (χ1v) is 5.53. The van der Waals surface area contributed by atoms with E-state index in [9.17, 15) is 5.11 Å². The Hall–Kier alpha value is -0.290. The molecule has 1 aliphatic rings. The van der Waals surface area contributed by atoms with E-state index in [1.54, 1.807) is 0 Å². The summed E-state index contributed by atoms with van der Waals surface area (Å²) in [5.41, 5.74) is 8.42. The highest BCUT2D eigenvalue weighted by molar-refractivity contribution is 14.1. The summed E-state index contributed by atoms with van der Waals surface area (Å²) in [5.74, 6) is 0.383. The van der Waals surface area contributed by atoms with Crippen LogP contribution in [0.3, 0.4) is 0 Å². The van der Waals surface area contributed by atoms with Gasteiger partial charge in [-0.1, -0.05) is 0 Å². The van der Waals surface area contributed by atoms with Gasteiger partial charge in [-0.3, -0.25) is 0 Å². The maximum Gasteiger partial charge on any atom is 0.129 e. The molecule has 1 aromatic carbocycles. The third-order valence-electron chi connectivity index (χ3n) is 2.57. The van der Waals surface area contributed by atoms with Crippen LogP contribution in [-0.2, 0) is 6.42 Å². The number of aromatic hydroxyl groups is 1. The van der Waals surface area contributed by atoms with Crippen molar-refractivity contribution in [2.24, 2.45) is 5.73 Å². The summed E-state index contributed by atoms with van der Waals surface area (Å²) in [6, 6.07) is 4.03. The second-order valence-electron chi connectivity index (χ2n) is 3.50. The third kappa shape index (κ3) is 1.67. The smallest absolute Gasteiger partial charge is 0.129 e. The van der Waals surface area contributed by atoms with Crippen molar-refractivity contribution in [3.63, 3.8) is 0 Å². The molecule has 0 amide bonds. The summed E-state index contributed by atoms with van der Waals surface area (Å²) in [6.07, 6.45) is 3.25. The number of phenolic OH excluding ortho intramolecular Hbond substituents is 1. The van der Waals surface area contributed by atoms with Crippen LogP contribution in [-0.4, -0.2) is 5.11 Å². The Morgan fingerprint density at radius 1 is 1.46 bits per heavy atom. The van der Waals surface area contributed by atoms with Crippen molar-refractivity contribution in [3.05, 3.63) is 26.8 Å². The van der Waals surface area contributed by atoms with Crippen LogP contribution in [0.2, 0.25) is 0 Å². The molecule has 0 spiro atoms. The lowest BCUT2D eigenvalue weighted by Crippen LogP contribution is -2.17. The van der Waals surface area contributed by atoms with Gasteiger partial charge in [0, 0.05) is 6.04 Å². The van der Waals surface area contributed by atoms with Gasteiger partial charge in [-0.15, -0.1) is 0 Å². The van der Waals surface area contributed by atoms with Crippen LogP contribution in [0.15, 0.2) is 12.1 Å². The lowest BCUT2D eigenvalue weighted by Gasteiger charge is -2.22. The van der Waals surface area contributed by atoms with E-state index in [4.69, 9.17) is 5.73 Å². The predicted molar refractivity (Wildman–Crippen MR) is 60.7 cm³/mol. The van der Waals surface area contributed by atoms with Gasteiger partial charge in [0.2, 0.25) is 0 Å². The number of fused-ring (bicyclic) bond motifs is 1. The zero-order valence-electron chi connectivity index (χ0n) is 7.26. The van der Waals surface area contributed by atoms with E-state index in [-0.39, 0.29) is 6.04 Å². The monoisotopic (exact) mass is 289 g/mol. The van der Waals surface area contributed by atoms with Gasteiger partial charge in [-0.05, 0) is 65.1 Å². The molecule has 0 unspecified atom stereocenters. The van der Waals surface area contributed by atoms with E-state index in [2.05, 4.69) is 22.6 Å². The van der Waals surface area contributed by atoms with Gasteiger partial charge < -0.3 is 10.8 Å². The zero-order chi connectivity index (χ0) is 9.42. The lowest BCUT2D eigenvalue weighted by molar-refractivity contribution is 0.467. The summed E-state index contributed by atoms with van der Waals surface area (Å²) in [5, 5.41) is 9.51. The molecule has 0 saturated carbocycles. The third-order valence-corrected chi connectivity index (χ3v) is 3.43. The van der Waals surface area contributed by atoms with Crippen LogP contribution in [0.1, 0.15) is 30.0 Å². The SMILES string of the molecule is N[C@H]1CCCc2cc(O)c(I)cc21. The van der Waals surface area contributed by atoms with Crippen LogP contribution >= 0.6 is 22.6 Å². The Morgan fingerprint density at radius 2 is 2.23 bits per heavy atom. The van der Waals surface area contributed by atoms with Crippen molar-refractivity contribution in [3.8, 4) is 5.75 Å². The molecule has 0 heterocycles. The summed E-state index contributed by atoms with van der Waals surface area (Å²) in [4.78, 5) is 0. The van der Waals surface area contributed by atoms with E-state index in [1.165, 1.54) is 11.1 Å². The molecular formula is C10H12INO.